The second kappa shape index (κ2) is 6.97. The van der Waals surface area contributed by atoms with E-state index in [0.717, 1.165) is 17.8 Å². The van der Waals surface area contributed by atoms with Gasteiger partial charge in [0.2, 0.25) is 19.3 Å². The Bertz CT molecular complexity index is 669. The van der Waals surface area contributed by atoms with Gasteiger partial charge in [0.05, 0.1) is 11.9 Å². The maximum atomic E-state index is 11.9. The molecule has 0 saturated heterocycles. The van der Waals surface area contributed by atoms with Gasteiger partial charge in [0, 0.05) is 6.54 Å². The van der Waals surface area contributed by atoms with E-state index in [2.05, 4.69) is 15.5 Å². The summed E-state index contributed by atoms with van der Waals surface area (Å²) in [6.45, 7) is 2.08. The summed E-state index contributed by atoms with van der Waals surface area (Å²) in [7, 11) is -3.56. The highest BCUT2D eigenvalue weighted by Gasteiger charge is 2.22. The molecule has 0 amide bonds. The second-order valence-electron chi connectivity index (χ2n) is 4.67. The molecule has 1 atom stereocenters. The minimum Gasteiger partial charge on any atom is -0.392 e. The van der Waals surface area contributed by atoms with Gasteiger partial charge in [-0.1, -0.05) is 41.7 Å². The molecule has 1 unspecified atom stereocenters. The first-order valence-corrected chi connectivity index (χ1v) is 8.96. The van der Waals surface area contributed by atoms with E-state index in [4.69, 9.17) is 0 Å². The molecule has 0 spiro atoms. The van der Waals surface area contributed by atoms with E-state index in [0.29, 0.717) is 11.7 Å². The number of hydrogen-bond donors (Lipinski definition) is 2. The van der Waals surface area contributed by atoms with Gasteiger partial charge in [-0.3, -0.25) is 0 Å². The lowest BCUT2D eigenvalue weighted by molar-refractivity contribution is 0.218. The number of aromatic nitrogens is 2. The number of nitrogens with zero attached hydrogens (tertiary/aromatic N) is 2. The fourth-order valence-electron chi connectivity index (χ4n) is 1.75. The van der Waals surface area contributed by atoms with Crippen LogP contribution in [0.2, 0.25) is 0 Å². The fraction of sp³-hybridized carbons (Fsp3) is 0.385. The van der Waals surface area contributed by atoms with Crippen LogP contribution in [0.25, 0.3) is 0 Å². The van der Waals surface area contributed by atoms with E-state index in [1.54, 1.807) is 0 Å². The van der Waals surface area contributed by atoms with Crippen molar-refractivity contribution in [1.82, 2.24) is 10.2 Å². The lowest BCUT2D eigenvalue weighted by Crippen LogP contribution is -2.17. The molecule has 1 aromatic carbocycles. The summed E-state index contributed by atoms with van der Waals surface area (Å²) in [6, 6.07) is 9.96. The molecule has 0 aliphatic heterocycles. The Kier molecular flexibility index (Phi) is 5.27. The summed E-state index contributed by atoms with van der Waals surface area (Å²) in [5.74, 6) is -0.342. The van der Waals surface area contributed by atoms with E-state index >= 15 is 0 Å². The first kappa shape index (κ1) is 15.9. The molecule has 0 saturated carbocycles. The Balaban J connectivity index is 1.92. The predicted molar refractivity (Wildman–Crippen MR) is 82.3 cm³/mol. The summed E-state index contributed by atoms with van der Waals surface area (Å²) in [5, 5.41) is 20.2. The van der Waals surface area contributed by atoms with Gasteiger partial charge in [-0.2, -0.15) is 0 Å². The van der Waals surface area contributed by atoms with Gasteiger partial charge < -0.3 is 10.4 Å². The predicted octanol–water partition coefficient (Wildman–Crippen LogP) is 1.35. The highest BCUT2D eigenvalue weighted by Crippen LogP contribution is 2.21. The monoisotopic (exact) mass is 327 g/mol. The van der Waals surface area contributed by atoms with Crippen molar-refractivity contribution in [1.29, 1.82) is 0 Å². The molecule has 0 radical (unpaired) electrons. The molecule has 21 heavy (non-hydrogen) atoms. The topological polar surface area (TPSA) is 92.2 Å². The molecule has 1 heterocycles. The SMILES string of the molecule is CC(O)CS(=O)(=O)c1nnc(NCCc2ccccc2)s1. The summed E-state index contributed by atoms with van der Waals surface area (Å²) < 4.78 is 23.7. The standard InChI is InChI=1S/C13H17N3O3S2/c1-10(17)9-21(18,19)13-16-15-12(20-13)14-8-7-11-5-3-2-4-6-11/h2-6,10,17H,7-9H2,1H3,(H,14,15). The van der Waals surface area contributed by atoms with E-state index in [1.165, 1.54) is 12.5 Å². The molecule has 2 aromatic rings. The van der Waals surface area contributed by atoms with Gasteiger partial charge in [-0.05, 0) is 18.9 Å². The van der Waals surface area contributed by atoms with Crippen molar-refractivity contribution in [3.05, 3.63) is 35.9 Å². The summed E-state index contributed by atoms with van der Waals surface area (Å²) in [4.78, 5) is 0. The highest BCUT2D eigenvalue weighted by molar-refractivity contribution is 7.93. The van der Waals surface area contributed by atoms with Crippen LogP contribution in [-0.4, -0.2) is 42.1 Å². The first-order chi connectivity index (χ1) is 9.97. The lowest BCUT2D eigenvalue weighted by Gasteiger charge is -2.02. The molecular weight excluding hydrogens is 310 g/mol. The van der Waals surface area contributed by atoms with Crippen LogP contribution in [0.15, 0.2) is 34.7 Å². The third kappa shape index (κ3) is 4.76. The van der Waals surface area contributed by atoms with Crippen LogP contribution >= 0.6 is 11.3 Å². The van der Waals surface area contributed by atoms with Gasteiger partial charge in [0.15, 0.2) is 0 Å². The molecule has 6 nitrogen and oxygen atoms in total. The van der Waals surface area contributed by atoms with Crippen molar-refractivity contribution in [2.75, 3.05) is 17.6 Å². The number of hydrogen-bond acceptors (Lipinski definition) is 7. The Morgan fingerprint density at radius 2 is 2.00 bits per heavy atom. The number of benzene rings is 1. The molecule has 0 aliphatic rings. The zero-order chi connectivity index (χ0) is 15.3. The number of nitrogens with one attached hydrogen (secondary N) is 1. The lowest BCUT2D eigenvalue weighted by atomic mass is 10.2. The van der Waals surface area contributed by atoms with Gasteiger partial charge >= 0.3 is 0 Å². The largest absolute Gasteiger partial charge is 0.392 e. The minimum atomic E-state index is -3.56. The zero-order valence-electron chi connectivity index (χ0n) is 11.6. The summed E-state index contributed by atoms with van der Waals surface area (Å²) in [6.07, 6.45) is -0.107. The van der Waals surface area contributed by atoms with Gasteiger partial charge in [-0.15, -0.1) is 10.2 Å². The molecule has 114 valence electrons. The van der Waals surface area contributed by atoms with Crippen LogP contribution in [0, 0.1) is 0 Å². The molecular formula is C13H17N3O3S2. The van der Waals surface area contributed by atoms with Crippen LogP contribution in [0.1, 0.15) is 12.5 Å². The van der Waals surface area contributed by atoms with Crippen LogP contribution in [0.4, 0.5) is 5.13 Å². The van der Waals surface area contributed by atoms with Gasteiger partial charge in [0.1, 0.15) is 0 Å². The van der Waals surface area contributed by atoms with Crippen molar-refractivity contribution < 1.29 is 13.5 Å². The summed E-state index contributed by atoms with van der Waals surface area (Å²) >= 11 is 0.985. The van der Waals surface area contributed by atoms with Crippen LogP contribution in [-0.2, 0) is 16.3 Å². The number of rotatable bonds is 7. The molecule has 0 fully saturated rings. The summed E-state index contributed by atoms with van der Waals surface area (Å²) in [5.41, 5.74) is 1.19. The zero-order valence-corrected chi connectivity index (χ0v) is 13.2. The quantitative estimate of drug-likeness (QED) is 0.797. The average molecular weight is 327 g/mol. The molecule has 2 N–H and O–H groups in total. The highest BCUT2D eigenvalue weighted by atomic mass is 32.2. The second-order valence-corrected chi connectivity index (χ2v) is 7.85. The third-order valence-electron chi connectivity index (χ3n) is 2.67. The van der Waals surface area contributed by atoms with Crippen molar-refractivity contribution in [3.8, 4) is 0 Å². The molecule has 1 aromatic heterocycles. The Morgan fingerprint density at radius 3 is 2.67 bits per heavy atom. The van der Waals surface area contributed by atoms with E-state index in [9.17, 15) is 13.5 Å². The molecule has 8 heteroatoms. The fourth-order valence-corrected chi connectivity index (χ4v) is 4.15. The van der Waals surface area contributed by atoms with Gasteiger partial charge in [-0.25, -0.2) is 8.42 Å². The number of aliphatic hydroxyl groups excluding tert-OH is 1. The number of sulfone groups is 1. The van der Waals surface area contributed by atoms with Crippen molar-refractivity contribution in [3.63, 3.8) is 0 Å². The Morgan fingerprint density at radius 1 is 1.29 bits per heavy atom. The molecule has 0 aliphatic carbocycles. The van der Waals surface area contributed by atoms with Crippen LogP contribution < -0.4 is 5.32 Å². The van der Waals surface area contributed by atoms with E-state index in [-0.39, 0.29) is 10.1 Å². The van der Waals surface area contributed by atoms with Crippen LogP contribution in [0.5, 0.6) is 0 Å². The number of anilines is 1. The maximum Gasteiger partial charge on any atom is 0.234 e. The van der Waals surface area contributed by atoms with Crippen LogP contribution in [0.3, 0.4) is 0 Å². The third-order valence-corrected chi connectivity index (χ3v) is 5.89. The van der Waals surface area contributed by atoms with E-state index in [1.807, 2.05) is 30.3 Å². The van der Waals surface area contributed by atoms with Crippen molar-refractivity contribution in [2.45, 2.75) is 23.8 Å². The Hall–Kier alpha value is -1.51. The minimum absolute atomic E-state index is 0.0642. The van der Waals surface area contributed by atoms with Crippen molar-refractivity contribution >= 4 is 26.3 Å². The smallest absolute Gasteiger partial charge is 0.234 e. The van der Waals surface area contributed by atoms with Crippen molar-refractivity contribution in [2.24, 2.45) is 0 Å². The number of aliphatic hydroxyl groups is 1. The Labute approximate surface area is 127 Å². The average Bonchev–Trinajstić information content (AvgIpc) is 2.88. The molecule has 2 rings (SSSR count). The normalized spacial score (nSPS) is 13.0. The molecule has 0 bridgehead atoms. The maximum absolute atomic E-state index is 11.9. The van der Waals surface area contributed by atoms with Gasteiger partial charge in [0.25, 0.3) is 0 Å². The van der Waals surface area contributed by atoms with E-state index < -0.39 is 15.9 Å². The first-order valence-electron chi connectivity index (χ1n) is 6.49.